The molecule has 0 aromatic carbocycles. The molecule has 1 spiro atoms. The highest BCUT2D eigenvalue weighted by Gasteiger charge is 2.80. The molecule has 2 saturated carbocycles. The molecule has 0 amide bonds. The predicted molar refractivity (Wildman–Crippen MR) is 68.7 cm³/mol. The van der Waals surface area contributed by atoms with E-state index in [-0.39, 0.29) is 16.6 Å². The number of hydrogen-bond acceptors (Lipinski definition) is 4. The van der Waals surface area contributed by atoms with Crippen LogP contribution in [0.2, 0.25) is 0 Å². The molecule has 1 N–H and O–H groups in total. The van der Waals surface area contributed by atoms with Crippen LogP contribution in [0.4, 0.5) is 0 Å². The van der Waals surface area contributed by atoms with Crippen molar-refractivity contribution in [1.82, 2.24) is 4.31 Å². The van der Waals surface area contributed by atoms with Crippen molar-refractivity contribution in [3.63, 3.8) is 0 Å². The Labute approximate surface area is 114 Å². The van der Waals surface area contributed by atoms with Gasteiger partial charge in [0.1, 0.15) is 0 Å². The SMILES string of the molecule is CC1(C)C2CC[C@@H](O)[C@@]34OCCCN3S(=O)(=O)[C@@H]1[C@@H]24. The van der Waals surface area contributed by atoms with E-state index >= 15 is 0 Å². The zero-order chi connectivity index (χ0) is 13.6. The summed E-state index contributed by atoms with van der Waals surface area (Å²) in [5, 5.41) is 10.1. The molecule has 2 aliphatic heterocycles. The van der Waals surface area contributed by atoms with Gasteiger partial charge in [-0.3, -0.25) is 0 Å². The van der Waals surface area contributed by atoms with Gasteiger partial charge in [-0.1, -0.05) is 13.8 Å². The molecule has 4 aliphatic rings. The minimum absolute atomic E-state index is 0.0449. The lowest BCUT2D eigenvalue weighted by Crippen LogP contribution is -2.71. The van der Waals surface area contributed by atoms with Crippen LogP contribution >= 0.6 is 0 Å². The quantitative estimate of drug-likeness (QED) is 0.706. The molecule has 5 atom stereocenters. The van der Waals surface area contributed by atoms with Gasteiger partial charge in [-0.05, 0) is 30.6 Å². The van der Waals surface area contributed by atoms with E-state index in [1.165, 1.54) is 4.31 Å². The van der Waals surface area contributed by atoms with E-state index in [0.29, 0.717) is 25.5 Å². The van der Waals surface area contributed by atoms with Gasteiger partial charge < -0.3 is 9.84 Å². The maximum Gasteiger partial charge on any atom is 0.220 e. The first-order valence-electron chi connectivity index (χ1n) is 7.18. The second-order valence-electron chi connectivity index (χ2n) is 7.04. The molecule has 0 aromatic rings. The fourth-order valence-corrected chi connectivity index (χ4v) is 8.35. The molecule has 4 fully saturated rings. The summed E-state index contributed by atoms with van der Waals surface area (Å²) in [6.07, 6.45) is 1.59. The number of nitrogens with zero attached hydrogens (tertiary/aromatic N) is 1. The van der Waals surface area contributed by atoms with E-state index in [1.807, 2.05) is 0 Å². The lowest BCUT2D eigenvalue weighted by Gasteiger charge is -2.62. The summed E-state index contributed by atoms with van der Waals surface area (Å²) in [6, 6.07) is 0. The van der Waals surface area contributed by atoms with Crippen molar-refractivity contribution in [2.24, 2.45) is 17.3 Å². The minimum Gasteiger partial charge on any atom is -0.389 e. The first-order valence-corrected chi connectivity index (χ1v) is 8.68. The average molecular weight is 287 g/mol. The molecule has 0 radical (unpaired) electrons. The van der Waals surface area contributed by atoms with Gasteiger partial charge in [0.15, 0.2) is 5.72 Å². The summed E-state index contributed by atoms with van der Waals surface area (Å²) < 4.78 is 33.1. The standard InChI is InChI=1S/C13H21NO4S/c1-12(2)8-4-5-9(15)13-10(8)11(12)19(16,17)14(13)6-3-7-18-13/h8-11,15H,3-7H2,1-2H3/t8?,9-,10-,11-,13+/m1/s1. The number of sulfonamides is 1. The van der Waals surface area contributed by atoms with Gasteiger partial charge in [-0.25, -0.2) is 8.42 Å². The van der Waals surface area contributed by atoms with Crippen molar-refractivity contribution in [3.05, 3.63) is 0 Å². The molecule has 0 aromatic heterocycles. The maximum absolute atomic E-state index is 12.8. The van der Waals surface area contributed by atoms with Crippen molar-refractivity contribution >= 4 is 10.0 Å². The first kappa shape index (κ1) is 12.6. The largest absolute Gasteiger partial charge is 0.389 e. The number of rotatable bonds is 0. The van der Waals surface area contributed by atoms with Gasteiger partial charge in [0.25, 0.3) is 0 Å². The maximum atomic E-state index is 12.8. The third-order valence-corrected chi connectivity index (χ3v) is 8.64. The molecule has 4 rings (SSSR count). The molecule has 108 valence electrons. The second-order valence-corrected chi connectivity index (χ2v) is 9.02. The number of aliphatic hydroxyl groups is 1. The van der Waals surface area contributed by atoms with Crippen molar-refractivity contribution in [2.45, 2.75) is 50.2 Å². The van der Waals surface area contributed by atoms with Crippen LogP contribution in [0.1, 0.15) is 33.1 Å². The Hall–Kier alpha value is -0.170. The first-order chi connectivity index (χ1) is 8.84. The third-order valence-electron chi connectivity index (χ3n) is 6.01. The summed E-state index contributed by atoms with van der Waals surface area (Å²) in [5.74, 6) is 0.301. The summed E-state index contributed by atoms with van der Waals surface area (Å²) >= 11 is 0. The fraction of sp³-hybridized carbons (Fsp3) is 1.00. The third kappa shape index (κ3) is 1.13. The van der Waals surface area contributed by atoms with Gasteiger partial charge in [-0.2, -0.15) is 4.31 Å². The number of ether oxygens (including phenoxy) is 1. The van der Waals surface area contributed by atoms with Crippen LogP contribution in [0.3, 0.4) is 0 Å². The van der Waals surface area contributed by atoms with Crippen LogP contribution in [0.25, 0.3) is 0 Å². The van der Waals surface area contributed by atoms with Crippen LogP contribution in [-0.2, 0) is 14.8 Å². The molecule has 19 heavy (non-hydrogen) atoms. The summed E-state index contributed by atoms with van der Waals surface area (Å²) in [7, 11) is -3.34. The van der Waals surface area contributed by atoms with Crippen molar-refractivity contribution in [2.75, 3.05) is 13.2 Å². The number of hydrogen-bond donors (Lipinski definition) is 1. The van der Waals surface area contributed by atoms with Crippen LogP contribution in [-0.4, -0.2) is 48.1 Å². The van der Waals surface area contributed by atoms with Crippen molar-refractivity contribution in [3.8, 4) is 0 Å². The minimum atomic E-state index is -3.34. The molecule has 6 heteroatoms. The molecule has 1 unspecified atom stereocenters. The number of aliphatic hydroxyl groups excluding tert-OH is 1. The normalized spacial score (nSPS) is 54.1. The van der Waals surface area contributed by atoms with Gasteiger partial charge in [-0.15, -0.1) is 0 Å². The fourth-order valence-electron chi connectivity index (χ4n) is 5.30. The Kier molecular flexibility index (Phi) is 2.21. The molecule has 5 nitrogen and oxygen atoms in total. The van der Waals surface area contributed by atoms with Crippen LogP contribution in [0.15, 0.2) is 0 Å². The van der Waals surface area contributed by atoms with Gasteiger partial charge in [0, 0.05) is 12.5 Å². The lowest BCUT2D eigenvalue weighted by atomic mass is 9.47. The Morgan fingerprint density at radius 3 is 2.79 bits per heavy atom. The van der Waals surface area contributed by atoms with E-state index in [0.717, 1.165) is 12.8 Å². The molecular formula is C13H21NO4S. The van der Waals surface area contributed by atoms with E-state index in [4.69, 9.17) is 4.74 Å². The highest BCUT2D eigenvalue weighted by atomic mass is 32.2. The van der Waals surface area contributed by atoms with E-state index < -0.39 is 21.9 Å². The average Bonchev–Trinajstić information content (AvgIpc) is 2.55. The second kappa shape index (κ2) is 3.35. The topological polar surface area (TPSA) is 66.8 Å². The van der Waals surface area contributed by atoms with E-state index in [9.17, 15) is 13.5 Å². The van der Waals surface area contributed by atoms with E-state index in [1.54, 1.807) is 0 Å². The monoisotopic (exact) mass is 287 g/mol. The smallest absolute Gasteiger partial charge is 0.220 e. The Morgan fingerprint density at radius 1 is 1.32 bits per heavy atom. The molecule has 0 bridgehead atoms. The van der Waals surface area contributed by atoms with Gasteiger partial charge in [0.05, 0.1) is 18.0 Å². The highest BCUT2D eigenvalue weighted by Crippen LogP contribution is 2.69. The Bertz CT molecular complexity index is 531. The Balaban J connectivity index is 1.93. The van der Waals surface area contributed by atoms with Gasteiger partial charge in [0.2, 0.25) is 10.0 Å². The zero-order valence-electron chi connectivity index (χ0n) is 11.4. The highest BCUT2D eigenvalue weighted by molar-refractivity contribution is 7.90. The van der Waals surface area contributed by atoms with E-state index in [2.05, 4.69) is 13.8 Å². The lowest BCUT2D eigenvalue weighted by molar-refractivity contribution is -0.282. The van der Waals surface area contributed by atoms with Crippen molar-refractivity contribution in [1.29, 1.82) is 0 Å². The summed E-state index contributed by atoms with van der Waals surface area (Å²) in [5.41, 5.74) is -1.14. The van der Waals surface area contributed by atoms with Crippen LogP contribution in [0.5, 0.6) is 0 Å². The predicted octanol–water partition coefficient (Wildman–Crippen LogP) is 0.544. The molecule has 2 heterocycles. The Morgan fingerprint density at radius 2 is 2.05 bits per heavy atom. The zero-order valence-corrected chi connectivity index (χ0v) is 12.2. The molecule has 2 saturated heterocycles. The molecule has 2 aliphatic carbocycles. The van der Waals surface area contributed by atoms with Crippen LogP contribution < -0.4 is 0 Å². The van der Waals surface area contributed by atoms with Crippen molar-refractivity contribution < 1.29 is 18.3 Å². The molecular weight excluding hydrogens is 266 g/mol. The summed E-state index contributed by atoms with van der Waals surface area (Å²) in [4.78, 5) is 0. The van der Waals surface area contributed by atoms with Gasteiger partial charge >= 0.3 is 0 Å². The summed E-state index contributed by atoms with van der Waals surface area (Å²) in [6.45, 7) is 5.16. The van der Waals surface area contributed by atoms with Crippen LogP contribution in [0, 0.1) is 17.3 Å².